The first-order valence-corrected chi connectivity index (χ1v) is 8.56. The number of amides is 1. The van der Waals surface area contributed by atoms with E-state index in [1.807, 2.05) is 29.2 Å². The highest BCUT2D eigenvalue weighted by molar-refractivity contribution is 5.95. The molecule has 0 atom stereocenters. The molecule has 0 saturated carbocycles. The smallest absolute Gasteiger partial charge is 0.254 e. The third-order valence-electron chi connectivity index (χ3n) is 4.43. The van der Waals surface area contributed by atoms with Crippen LogP contribution in [-0.4, -0.2) is 52.1 Å². The number of benzene rings is 1. The molecule has 3 rings (SSSR count). The number of hydrogen-bond acceptors (Lipinski definition) is 5. The van der Waals surface area contributed by atoms with Gasteiger partial charge in [0.05, 0.1) is 6.54 Å². The molecule has 1 aliphatic rings. The predicted molar refractivity (Wildman–Crippen MR) is 90.7 cm³/mol. The van der Waals surface area contributed by atoms with Crippen LogP contribution in [0.2, 0.25) is 0 Å². The monoisotopic (exact) mass is 328 g/mol. The second kappa shape index (κ2) is 7.57. The fourth-order valence-corrected chi connectivity index (χ4v) is 3.13. The van der Waals surface area contributed by atoms with Gasteiger partial charge >= 0.3 is 0 Å². The minimum absolute atomic E-state index is 0.142. The van der Waals surface area contributed by atoms with Crippen molar-refractivity contribution in [2.75, 3.05) is 26.2 Å². The number of carbonyl (C=O) groups excluding carboxylic acids is 1. The van der Waals surface area contributed by atoms with Gasteiger partial charge in [0.2, 0.25) is 11.8 Å². The molecule has 1 aliphatic heterocycles. The Morgan fingerprint density at radius 1 is 1.17 bits per heavy atom. The van der Waals surface area contributed by atoms with Crippen molar-refractivity contribution < 1.29 is 9.21 Å². The van der Waals surface area contributed by atoms with E-state index in [4.69, 9.17) is 4.42 Å². The molecule has 1 saturated heterocycles. The van der Waals surface area contributed by atoms with Gasteiger partial charge in [0.1, 0.15) is 0 Å². The Labute approximate surface area is 142 Å². The van der Waals surface area contributed by atoms with Crippen LogP contribution in [0.4, 0.5) is 0 Å². The number of rotatable bonds is 4. The van der Waals surface area contributed by atoms with E-state index in [9.17, 15) is 4.79 Å². The van der Waals surface area contributed by atoms with Crippen molar-refractivity contribution in [2.24, 2.45) is 0 Å². The second-order valence-corrected chi connectivity index (χ2v) is 6.15. The molecular weight excluding hydrogens is 304 g/mol. The number of nitrogens with zero attached hydrogens (tertiary/aromatic N) is 4. The minimum atomic E-state index is 0.142. The number of hydrogen-bond donors (Lipinski definition) is 0. The fourth-order valence-electron chi connectivity index (χ4n) is 3.13. The van der Waals surface area contributed by atoms with Crippen LogP contribution < -0.4 is 0 Å². The van der Waals surface area contributed by atoms with Crippen molar-refractivity contribution in [3.63, 3.8) is 0 Å². The molecule has 0 N–H and O–H groups in total. The van der Waals surface area contributed by atoms with Crippen molar-refractivity contribution in [2.45, 2.75) is 33.2 Å². The van der Waals surface area contributed by atoms with Crippen molar-refractivity contribution in [1.82, 2.24) is 20.0 Å². The Morgan fingerprint density at radius 3 is 2.75 bits per heavy atom. The van der Waals surface area contributed by atoms with Gasteiger partial charge < -0.3 is 9.32 Å². The molecule has 1 aromatic heterocycles. The minimum Gasteiger partial charge on any atom is -0.424 e. The van der Waals surface area contributed by atoms with Crippen LogP contribution in [0.25, 0.3) is 0 Å². The Kier molecular flexibility index (Phi) is 5.25. The standard InChI is InChI=1S/C18H24N4O2/c1-3-15-7-4-5-8-16(15)18(23)22-10-6-9-21(11-12-22)13-17-20-19-14(2)24-17/h4-5,7-8H,3,6,9-13H2,1-2H3. The Hall–Kier alpha value is -2.21. The van der Waals surface area contributed by atoms with Gasteiger partial charge in [-0.2, -0.15) is 0 Å². The highest BCUT2D eigenvalue weighted by Gasteiger charge is 2.22. The average molecular weight is 328 g/mol. The zero-order valence-corrected chi connectivity index (χ0v) is 14.4. The summed E-state index contributed by atoms with van der Waals surface area (Å²) in [5.41, 5.74) is 1.95. The second-order valence-electron chi connectivity index (χ2n) is 6.15. The van der Waals surface area contributed by atoms with E-state index >= 15 is 0 Å². The number of aryl methyl sites for hydroxylation is 2. The van der Waals surface area contributed by atoms with E-state index in [1.54, 1.807) is 6.92 Å². The summed E-state index contributed by atoms with van der Waals surface area (Å²) in [6.07, 6.45) is 1.82. The summed E-state index contributed by atoms with van der Waals surface area (Å²) in [6.45, 7) is 7.80. The highest BCUT2D eigenvalue weighted by atomic mass is 16.4. The van der Waals surface area contributed by atoms with Gasteiger partial charge in [-0.25, -0.2) is 0 Å². The molecule has 0 radical (unpaired) electrons. The van der Waals surface area contributed by atoms with E-state index in [1.165, 1.54) is 0 Å². The number of aromatic nitrogens is 2. The lowest BCUT2D eigenvalue weighted by Gasteiger charge is -2.22. The maximum Gasteiger partial charge on any atom is 0.254 e. The summed E-state index contributed by atoms with van der Waals surface area (Å²) < 4.78 is 5.46. The molecule has 2 aromatic rings. The van der Waals surface area contributed by atoms with Crippen LogP contribution in [0.1, 0.15) is 41.0 Å². The zero-order chi connectivity index (χ0) is 16.9. The maximum absolute atomic E-state index is 12.9. The molecule has 2 heterocycles. The van der Waals surface area contributed by atoms with E-state index in [2.05, 4.69) is 22.0 Å². The molecule has 1 fully saturated rings. The van der Waals surface area contributed by atoms with Gasteiger partial charge in [0, 0.05) is 38.7 Å². The average Bonchev–Trinajstić information content (AvgIpc) is 2.87. The molecule has 1 amide bonds. The lowest BCUT2D eigenvalue weighted by molar-refractivity contribution is 0.0759. The van der Waals surface area contributed by atoms with Crippen molar-refractivity contribution >= 4 is 5.91 Å². The molecule has 0 spiro atoms. The predicted octanol–water partition coefficient (Wildman–Crippen LogP) is 2.29. The maximum atomic E-state index is 12.9. The summed E-state index contributed by atoms with van der Waals surface area (Å²) in [4.78, 5) is 17.1. The van der Waals surface area contributed by atoms with Crippen molar-refractivity contribution in [3.8, 4) is 0 Å². The van der Waals surface area contributed by atoms with Gasteiger partial charge in [-0.05, 0) is 24.5 Å². The zero-order valence-electron chi connectivity index (χ0n) is 14.4. The highest BCUT2D eigenvalue weighted by Crippen LogP contribution is 2.15. The van der Waals surface area contributed by atoms with Gasteiger partial charge in [-0.1, -0.05) is 25.1 Å². The summed E-state index contributed by atoms with van der Waals surface area (Å²) in [6, 6.07) is 7.90. The quantitative estimate of drug-likeness (QED) is 0.862. The first kappa shape index (κ1) is 16.6. The van der Waals surface area contributed by atoms with E-state index < -0.39 is 0 Å². The fraction of sp³-hybridized carbons (Fsp3) is 0.500. The van der Waals surface area contributed by atoms with Crippen molar-refractivity contribution in [3.05, 3.63) is 47.2 Å². The Bertz CT molecular complexity index is 698. The molecule has 1 aromatic carbocycles. The van der Waals surface area contributed by atoms with Crippen LogP contribution in [0.3, 0.4) is 0 Å². The van der Waals surface area contributed by atoms with E-state index in [0.29, 0.717) is 18.3 Å². The summed E-state index contributed by atoms with van der Waals surface area (Å²) in [7, 11) is 0. The van der Waals surface area contributed by atoms with E-state index in [0.717, 1.165) is 50.1 Å². The van der Waals surface area contributed by atoms with Gasteiger partial charge in [0.25, 0.3) is 5.91 Å². The van der Waals surface area contributed by atoms with Crippen LogP contribution in [0.5, 0.6) is 0 Å². The molecular formula is C18H24N4O2. The third kappa shape index (κ3) is 3.82. The number of carbonyl (C=O) groups is 1. The lowest BCUT2D eigenvalue weighted by Crippen LogP contribution is -2.35. The molecule has 0 unspecified atom stereocenters. The summed E-state index contributed by atoms with van der Waals surface area (Å²) >= 11 is 0. The largest absolute Gasteiger partial charge is 0.424 e. The SMILES string of the molecule is CCc1ccccc1C(=O)N1CCCN(Cc2nnc(C)o2)CC1. The van der Waals surface area contributed by atoms with Crippen LogP contribution >= 0.6 is 0 Å². The summed E-state index contributed by atoms with van der Waals surface area (Å²) in [5, 5.41) is 7.93. The van der Waals surface area contributed by atoms with Crippen LogP contribution in [-0.2, 0) is 13.0 Å². The first-order valence-electron chi connectivity index (χ1n) is 8.56. The van der Waals surface area contributed by atoms with Crippen LogP contribution in [0.15, 0.2) is 28.7 Å². The van der Waals surface area contributed by atoms with Gasteiger partial charge in [-0.3, -0.25) is 9.69 Å². The Balaban J connectivity index is 1.63. The lowest BCUT2D eigenvalue weighted by atomic mass is 10.0. The molecule has 0 bridgehead atoms. The summed E-state index contributed by atoms with van der Waals surface area (Å²) in [5.74, 6) is 1.37. The van der Waals surface area contributed by atoms with Crippen LogP contribution in [0, 0.1) is 6.92 Å². The van der Waals surface area contributed by atoms with Crippen molar-refractivity contribution in [1.29, 1.82) is 0 Å². The third-order valence-corrected chi connectivity index (χ3v) is 4.43. The Morgan fingerprint density at radius 2 is 2.00 bits per heavy atom. The molecule has 0 aliphatic carbocycles. The first-order chi connectivity index (χ1) is 11.7. The molecule has 128 valence electrons. The molecule has 24 heavy (non-hydrogen) atoms. The normalized spacial score (nSPS) is 16.2. The van der Waals surface area contributed by atoms with Gasteiger partial charge in [0.15, 0.2) is 0 Å². The molecule has 6 heteroatoms. The molecule has 6 nitrogen and oxygen atoms in total. The van der Waals surface area contributed by atoms with E-state index in [-0.39, 0.29) is 5.91 Å². The van der Waals surface area contributed by atoms with Gasteiger partial charge in [-0.15, -0.1) is 10.2 Å². The topological polar surface area (TPSA) is 62.5 Å².